The number of carbonyl (C=O) groups excluding carboxylic acids is 3. The van der Waals surface area contributed by atoms with E-state index in [4.69, 9.17) is 39.5 Å². The summed E-state index contributed by atoms with van der Waals surface area (Å²) in [6.45, 7) is 1.08. The minimum Gasteiger partial charge on any atom is -0.614 e. The number of β-lactam (4-membered cyclic amide) rings is 1. The van der Waals surface area contributed by atoms with Gasteiger partial charge in [0, 0.05) is 5.57 Å². The van der Waals surface area contributed by atoms with Gasteiger partial charge in [0.05, 0.1) is 6.42 Å². The van der Waals surface area contributed by atoms with Gasteiger partial charge in [-0.1, -0.05) is 65.1 Å². The third-order valence-electron chi connectivity index (χ3n) is 4.40. The lowest BCUT2D eigenvalue weighted by molar-refractivity contribution is -0.153. The van der Waals surface area contributed by atoms with Crippen LogP contribution in [0.3, 0.4) is 0 Å². The number of carbonyl (C=O) groups is 3. The van der Waals surface area contributed by atoms with Crippen LogP contribution >= 0.6 is 34.8 Å². The normalized spacial score (nSPS) is 24.0. The van der Waals surface area contributed by atoms with E-state index in [1.807, 2.05) is 6.07 Å². The number of rotatable bonds is 5. The molecule has 2 amide bonds. The monoisotopic (exact) mass is 478 g/mol. The molecule has 29 heavy (non-hydrogen) atoms. The van der Waals surface area contributed by atoms with E-state index in [0.29, 0.717) is 5.57 Å². The van der Waals surface area contributed by atoms with E-state index < -0.39 is 44.9 Å². The summed E-state index contributed by atoms with van der Waals surface area (Å²) in [7, 11) is 0. The third kappa shape index (κ3) is 5.00. The smallest absolute Gasteiger partial charge is 0.355 e. The Morgan fingerprint density at radius 2 is 1.97 bits per heavy atom. The first-order chi connectivity index (χ1) is 13.6. The highest BCUT2D eigenvalue weighted by atomic mass is 35.6. The van der Waals surface area contributed by atoms with Crippen molar-refractivity contribution < 1.29 is 23.7 Å². The first kappa shape index (κ1) is 22.2. The van der Waals surface area contributed by atoms with Crippen LogP contribution in [-0.4, -0.2) is 54.8 Å². The molecule has 0 saturated carbocycles. The van der Waals surface area contributed by atoms with Crippen molar-refractivity contribution in [2.24, 2.45) is 0 Å². The Hall–Kier alpha value is -1.45. The maximum absolute atomic E-state index is 12.6. The van der Waals surface area contributed by atoms with Crippen molar-refractivity contribution in [2.75, 3.05) is 12.4 Å². The predicted octanol–water partition coefficient (Wildman–Crippen LogP) is 1.83. The van der Waals surface area contributed by atoms with Crippen molar-refractivity contribution in [3.63, 3.8) is 0 Å². The second-order valence-electron chi connectivity index (χ2n) is 6.65. The van der Waals surface area contributed by atoms with Gasteiger partial charge in [-0.2, -0.15) is 0 Å². The number of alkyl halides is 3. The van der Waals surface area contributed by atoms with Gasteiger partial charge < -0.3 is 14.6 Å². The van der Waals surface area contributed by atoms with Crippen molar-refractivity contribution >= 4 is 63.8 Å². The fraction of sp³-hybridized carbons (Fsp3) is 0.389. The molecule has 1 aromatic carbocycles. The molecule has 0 spiro atoms. The standard InChI is InChI=1S/C18H17Cl3N2O5S/c1-10-8-29(27)16-13(22-12(24)7-11-5-3-2-4-6-11)15(25)23(16)14(10)17(26)28-9-18(19,20)21/h2-6,13,16H,7-9H2,1H3,(H,22,24)/t13?,16-,29?/m0/s1. The van der Waals surface area contributed by atoms with Crippen LogP contribution in [0.2, 0.25) is 0 Å². The average molecular weight is 480 g/mol. The SMILES string of the molecule is CC1=C(C(=O)OCC(Cl)(Cl)Cl)N2C(=O)C(NC(=O)Cc3ccccc3)[C@@H]2[S+]([O-])C1. The van der Waals surface area contributed by atoms with Crippen molar-refractivity contribution in [1.82, 2.24) is 10.2 Å². The molecule has 1 fully saturated rings. The second kappa shape index (κ2) is 8.73. The van der Waals surface area contributed by atoms with Gasteiger partial charge in [-0.15, -0.1) is 0 Å². The molecular weight excluding hydrogens is 463 g/mol. The molecule has 156 valence electrons. The Kier molecular flexibility index (Phi) is 6.70. The van der Waals surface area contributed by atoms with Crippen molar-refractivity contribution in [3.05, 3.63) is 47.2 Å². The number of nitrogens with zero attached hydrogens (tertiary/aromatic N) is 1. The van der Waals surface area contributed by atoms with Gasteiger partial charge in [-0.05, 0) is 23.7 Å². The van der Waals surface area contributed by atoms with Gasteiger partial charge in [-0.25, -0.2) is 4.79 Å². The summed E-state index contributed by atoms with van der Waals surface area (Å²) in [6.07, 6.45) is 0.0803. The summed E-state index contributed by atoms with van der Waals surface area (Å²) >= 11 is 15.3. The topological polar surface area (TPSA) is 98.8 Å². The molecular formula is C18H17Cl3N2O5S. The van der Waals surface area contributed by atoms with E-state index in [1.165, 1.54) is 0 Å². The zero-order chi connectivity index (χ0) is 21.3. The number of hydrogen-bond donors (Lipinski definition) is 1. The van der Waals surface area contributed by atoms with E-state index in [-0.39, 0.29) is 23.8 Å². The number of hydrogen-bond acceptors (Lipinski definition) is 5. The highest BCUT2D eigenvalue weighted by Gasteiger charge is 2.60. The number of ether oxygens (including phenoxy) is 1. The third-order valence-corrected chi connectivity index (χ3v) is 6.47. The molecule has 2 aliphatic rings. The van der Waals surface area contributed by atoms with Crippen LogP contribution < -0.4 is 5.32 Å². The zero-order valence-electron chi connectivity index (χ0n) is 15.2. The Morgan fingerprint density at radius 3 is 2.59 bits per heavy atom. The molecule has 3 rings (SSSR count). The van der Waals surface area contributed by atoms with Gasteiger partial charge in [0.2, 0.25) is 15.1 Å². The van der Waals surface area contributed by atoms with E-state index in [2.05, 4.69) is 5.32 Å². The summed E-state index contributed by atoms with van der Waals surface area (Å²) in [6, 6.07) is 8.04. The predicted molar refractivity (Wildman–Crippen MR) is 110 cm³/mol. The Labute approximate surface area is 185 Å². The summed E-state index contributed by atoms with van der Waals surface area (Å²) in [5.74, 6) is -1.70. The minimum atomic E-state index is -1.80. The Morgan fingerprint density at radius 1 is 1.31 bits per heavy atom. The molecule has 0 radical (unpaired) electrons. The number of fused-ring (bicyclic) bond motifs is 1. The maximum atomic E-state index is 12.6. The molecule has 1 N–H and O–H groups in total. The van der Waals surface area contributed by atoms with Gasteiger partial charge >= 0.3 is 5.97 Å². The summed E-state index contributed by atoms with van der Waals surface area (Å²) in [4.78, 5) is 38.5. The highest BCUT2D eigenvalue weighted by Crippen LogP contribution is 2.37. The molecule has 3 atom stereocenters. The van der Waals surface area contributed by atoms with Crippen LogP contribution in [0.1, 0.15) is 12.5 Å². The zero-order valence-corrected chi connectivity index (χ0v) is 18.3. The first-order valence-electron chi connectivity index (χ1n) is 8.55. The summed E-state index contributed by atoms with van der Waals surface area (Å²) in [5.41, 5.74) is 1.18. The quantitative estimate of drug-likeness (QED) is 0.301. The van der Waals surface area contributed by atoms with E-state index >= 15 is 0 Å². The van der Waals surface area contributed by atoms with Crippen LogP contribution in [0.5, 0.6) is 0 Å². The molecule has 2 unspecified atom stereocenters. The number of amides is 2. The Balaban J connectivity index is 1.70. The van der Waals surface area contributed by atoms with Crippen LogP contribution in [0.25, 0.3) is 0 Å². The number of esters is 1. The number of halogens is 3. The van der Waals surface area contributed by atoms with Crippen molar-refractivity contribution in [2.45, 2.75) is 28.6 Å². The molecule has 11 heteroatoms. The molecule has 1 aromatic rings. The lowest BCUT2D eigenvalue weighted by atomic mass is 10.0. The largest absolute Gasteiger partial charge is 0.614 e. The number of benzene rings is 1. The lowest BCUT2D eigenvalue weighted by Gasteiger charge is -2.49. The van der Waals surface area contributed by atoms with Crippen molar-refractivity contribution in [3.8, 4) is 0 Å². The fourth-order valence-electron chi connectivity index (χ4n) is 3.17. The molecule has 1 saturated heterocycles. The highest BCUT2D eigenvalue weighted by molar-refractivity contribution is 7.92. The fourth-order valence-corrected chi connectivity index (χ4v) is 5.00. The lowest BCUT2D eigenvalue weighted by Crippen LogP contribution is -2.74. The average Bonchev–Trinajstić information content (AvgIpc) is 2.64. The molecule has 7 nitrogen and oxygen atoms in total. The molecule has 0 bridgehead atoms. The minimum absolute atomic E-state index is 0.0255. The van der Waals surface area contributed by atoms with Gasteiger partial charge in [0.25, 0.3) is 5.91 Å². The Bertz CT molecular complexity index is 859. The summed E-state index contributed by atoms with van der Waals surface area (Å²) in [5, 5.41) is 1.77. The van der Waals surface area contributed by atoms with Crippen LogP contribution in [0.15, 0.2) is 41.6 Å². The first-order valence-corrected chi connectivity index (χ1v) is 11.1. The second-order valence-corrected chi connectivity index (χ2v) is 10.7. The summed E-state index contributed by atoms with van der Waals surface area (Å²) < 4.78 is 15.7. The molecule has 2 heterocycles. The van der Waals surface area contributed by atoms with E-state index in [1.54, 1.807) is 31.2 Å². The van der Waals surface area contributed by atoms with E-state index in [9.17, 15) is 18.9 Å². The van der Waals surface area contributed by atoms with Gasteiger partial charge in [0.1, 0.15) is 18.1 Å². The molecule has 0 aromatic heterocycles. The van der Waals surface area contributed by atoms with E-state index in [0.717, 1.165) is 10.5 Å². The van der Waals surface area contributed by atoms with Crippen LogP contribution in [0.4, 0.5) is 0 Å². The van der Waals surface area contributed by atoms with Crippen LogP contribution in [0, 0.1) is 0 Å². The molecule has 0 aliphatic carbocycles. The van der Waals surface area contributed by atoms with Gasteiger partial charge in [0.15, 0.2) is 6.04 Å². The van der Waals surface area contributed by atoms with Gasteiger partial charge in [-0.3, -0.25) is 14.5 Å². The molecule has 2 aliphatic heterocycles. The number of nitrogens with one attached hydrogen (secondary N) is 1. The van der Waals surface area contributed by atoms with Crippen LogP contribution in [-0.2, 0) is 36.7 Å². The maximum Gasteiger partial charge on any atom is 0.355 e. The van der Waals surface area contributed by atoms with Crippen molar-refractivity contribution in [1.29, 1.82) is 0 Å².